The first-order valence-electron chi connectivity index (χ1n) is 6.35. The van der Waals surface area contributed by atoms with Gasteiger partial charge in [0, 0.05) is 31.3 Å². The zero-order valence-electron chi connectivity index (χ0n) is 10.6. The second kappa shape index (κ2) is 6.92. The summed E-state index contributed by atoms with van der Waals surface area (Å²) in [5, 5.41) is 3.92. The van der Waals surface area contributed by atoms with Crippen molar-refractivity contribution >= 4 is 11.6 Å². The first-order valence-corrected chi connectivity index (χ1v) is 6.73. The van der Waals surface area contributed by atoms with E-state index in [4.69, 9.17) is 21.1 Å². The van der Waals surface area contributed by atoms with Crippen molar-refractivity contribution in [1.82, 2.24) is 10.3 Å². The van der Waals surface area contributed by atoms with Gasteiger partial charge in [0.2, 0.25) is 5.88 Å². The van der Waals surface area contributed by atoms with Gasteiger partial charge in [-0.05, 0) is 18.5 Å². The Balaban J connectivity index is 1.91. The fraction of sp³-hybridized carbons (Fsp3) is 0.615. The van der Waals surface area contributed by atoms with Crippen molar-refractivity contribution in [2.45, 2.75) is 19.9 Å². The third-order valence-corrected chi connectivity index (χ3v) is 3.31. The summed E-state index contributed by atoms with van der Waals surface area (Å²) in [6.45, 7) is 6.00. The van der Waals surface area contributed by atoms with Crippen LogP contribution in [0.4, 0.5) is 0 Å². The van der Waals surface area contributed by atoms with Crippen LogP contribution in [0.2, 0.25) is 5.02 Å². The second-order valence-corrected chi connectivity index (χ2v) is 4.84. The molecule has 0 saturated carbocycles. The molecule has 1 aromatic rings. The summed E-state index contributed by atoms with van der Waals surface area (Å²) < 4.78 is 11.0. The Morgan fingerprint density at radius 3 is 3.22 bits per heavy atom. The van der Waals surface area contributed by atoms with Crippen molar-refractivity contribution in [3.63, 3.8) is 0 Å². The van der Waals surface area contributed by atoms with E-state index in [1.54, 1.807) is 6.20 Å². The summed E-state index contributed by atoms with van der Waals surface area (Å²) in [6, 6.07) is 1.90. The third-order valence-electron chi connectivity index (χ3n) is 2.97. The Morgan fingerprint density at radius 2 is 2.50 bits per heavy atom. The predicted octanol–water partition coefficient (Wildman–Crippen LogP) is 2.26. The van der Waals surface area contributed by atoms with Crippen LogP contribution in [0, 0.1) is 5.92 Å². The van der Waals surface area contributed by atoms with Crippen LogP contribution < -0.4 is 10.1 Å². The molecule has 2 rings (SSSR count). The Hall–Kier alpha value is -0.840. The summed E-state index contributed by atoms with van der Waals surface area (Å²) >= 11 is 6.08. The lowest BCUT2D eigenvalue weighted by molar-refractivity contribution is 0.165. The predicted molar refractivity (Wildman–Crippen MR) is 71.0 cm³/mol. The van der Waals surface area contributed by atoms with Crippen LogP contribution in [-0.4, -0.2) is 31.3 Å². The average molecular weight is 271 g/mol. The molecule has 1 aromatic heterocycles. The molecule has 100 valence electrons. The van der Waals surface area contributed by atoms with Crippen LogP contribution in [0.5, 0.6) is 5.88 Å². The first kappa shape index (κ1) is 13.6. The van der Waals surface area contributed by atoms with E-state index in [1.165, 1.54) is 0 Å². The summed E-state index contributed by atoms with van der Waals surface area (Å²) in [7, 11) is 0. The maximum absolute atomic E-state index is 6.08. The molecule has 1 aliphatic heterocycles. The van der Waals surface area contributed by atoms with E-state index in [0.717, 1.165) is 38.3 Å². The summed E-state index contributed by atoms with van der Waals surface area (Å²) in [4.78, 5) is 4.19. The van der Waals surface area contributed by atoms with Gasteiger partial charge in [-0.3, -0.25) is 0 Å². The molecular weight excluding hydrogens is 252 g/mol. The highest BCUT2D eigenvalue weighted by molar-refractivity contribution is 6.31. The van der Waals surface area contributed by atoms with Crippen LogP contribution >= 0.6 is 11.6 Å². The Kier molecular flexibility index (Phi) is 5.23. The Labute approximate surface area is 113 Å². The summed E-state index contributed by atoms with van der Waals surface area (Å²) in [5.74, 6) is 1.12. The Bertz CT molecular complexity index is 381. The standard InChI is InChI=1S/C13H19ClN2O2/c1-2-15-6-11-5-13(16-7-12(11)14)18-9-10-3-4-17-8-10/h5,7,10,15H,2-4,6,8-9H2,1H3. The van der Waals surface area contributed by atoms with E-state index in [9.17, 15) is 0 Å². The number of halogens is 1. The van der Waals surface area contributed by atoms with Crippen LogP contribution in [-0.2, 0) is 11.3 Å². The highest BCUT2D eigenvalue weighted by atomic mass is 35.5. The van der Waals surface area contributed by atoms with Crippen LogP contribution in [0.3, 0.4) is 0 Å². The van der Waals surface area contributed by atoms with Crippen molar-refractivity contribution in [3.05, 3.63) is 22.8 Å². The topological polar surface area (TPSA) is 43.4 Å². The molecule has 1 aliphatic rings. The average Bonchev–Trinajstić information content (AvgIpc) is 2.89. The quantitative estimate of drug-likeness (QED) is 0.861. The van der Waals surface area contributed by atoms with Crippen LogP contribution in [0.1, 0.15) is 18.9 Å². The maximum atomic E-state index is 6.08. The molecule has 1 fully saturated rings. The highest BCUT2D eigenvalue weighted by Gasteiger charge is 2.16. The number of hydrogen-bond donors (Lipinski definition) is 1. The van der Waals surface area contributed by atoms with Crippen molar-refractivity contribution in [1.29, 1.82) is 0 Å². The van der Waals surface area contributed by atoms with E-state index in [-0.39, 0.29) is 0 Å². The number of ether oxygens (including phenoxy) is 2. The molecule has 0 radical (unpaired) electrons. The van der Waals surface area contributed by atoms with E-state index in [2.05, 4.69) is 17.2 Å². The molecule has 0 spiro atoms. The monoisotopic (exact) mass is 270 g/mol. The van der Waals surface area contributed by atoms with E-state index in [1.807, 2.05) is 6.07 Å². The molecule has 18 heavy (non-hydrogen) atoms. The molecule has 1 atom stereocenters. The number of nitrogens with zero attached hydrogens (tertiary/aromatic N) is 1. The second-order valence-electron chi connectivity index (χ2n) is 4.43. The lowest BCUT2D eigenvalue weighted by Gasteiger charge is -2.11. The third kappa shape index (κ3) is 3.83. The van der Waals surface area contributed by atoms with Crippen LogP contribution in [0.25, 0.3) is 0 Å². The smallest absolute Gasteiger partial charge is 0.213 e. The number of rotatable bonds is 6. The van der Waals surface area contributed by atoms with E-state index in [0.29, 0.717) is 23.4 Å². The fourth-order valence-corrected chi connectivity index (χ4v) is 2.02. The molecule has 1 saturated heterocycles. The molecule has 5 heteroatoms. The minimum absolute atomic E-state index is 0.486. The van der Waals surface area contributed by atoms with Gasteiger partial charge in [0.05, 0.1) is 18.2 Å². The van der Waals surface area contributed by atoms with Crippen LogP contribution in [0.15, 0.2) is 12.3 Å². The van der Waals surface area contributed by atoms with Gasteiger partial charge in [-0.1, -0.05) is 18.5 Å². The summed E-state index contributed by atoms with van der Waals surface area (Å²) in [5.41, 5.74) is 1.02. The summed E-state index contributed by atoms with van der Waals surface area (Å²) in [6.07, 6.45) is 2.71. The maximum Gasteiger partial charge on any atom is 0.213 e. The number of nitrogens with one attached hydrogen (secondary N) is 1. The van der Waals surface area contributed by atoms with Crippen molar-refractivity contribution < 1.29 is 9.47 Å². The molecule has 1 unspecified atom stereocenters. The van der Waals surface area contributed by atoms with Gasteiger partial charge in [0.1, 0.15) is 0 Å². The van der Waals surface area contributed by atoms with Crippen molar-refractivity contribution in [2.75, 3.05) is 26.4 Å². The molecule has 0 bridgehead atoms. The molecule has 0 aromatic carbocycles. The molecule has 4 nitrogen and oxygen atoms in total. The number of aromatic nitrogens is 1. The van der Waals surface area contributed by atoms with Gasteiger partial charge in [-0.15, -0.1) is 0 Å². The minimum atomic E-state index is 0.486. The van der Waals surface area contributed by atoms with Crippen molar-refractivity contribution in [2.24, 2.45) is 5.92 Å². The van der Waals surface area contributed by atoms with Gasteiger partial charge in [-0.2, -0.15) is 0 Å². The van der Waals surface area contributed by atoms with E-state index >= 15 is 0 Å². The lowest BCUT2D eigenvalue weighted by Crippen LogP contribution is -2.14. The van der Waals surface area contributed by atoms with Crippen molar-refractivity contribution in [3.8, 4) is 5.88 Å². The Morgan fingerprint density at radius 1 is 1.61 bits per heavy atom. The zero-order chi connectivity index (χ0) is 12.8. The molecule has 0 aliphatic carbocycles. The first-order chi connectivity index (χ1) is 8.79. The molecule has 2 heterocycles. The van der Waals surface area contributed by atoms with Gasteiger partial charge < -0.3 is 14.8 Å². The van der Waals surface area contributed by atoms with Gasteiger partial charge >= 0.3 is 0 Å². The fourth-order valence-electron chi connectivity index (χ4n) is 1.85. The molecule has 1 N–H and O–H groups in total. The lowest BCUT2D eigenvalue weighted by atomic mass is 10.1. The zero-order valence-corrected chi connectivity index (χ0v) is 11.4. The van der Waals surface area contributed by atoms with Gasteiger partial charge in [0.15, 0.2) is 0 Å². The van der Waals surface area contributed by atoms with Gasteiger partial charge in [0.25, 0.3) is 0 Å². The molecule has 0 amide bonds. The highest BCUT2D eigenvalue weighted by Crippen LogP contribution is 2.20. The normalized spacial score (nSPS) is 19.1. The number of pyridine rings is 1. The molecular formula is C13H19ClN2O2. The number of hydrogen-bond acceptors (Lipinski definition) is 4. The van der Waals surface area contributed by atoms with Gasteiger partial charge in [-0.25, -0.2) is 4.98 Å². The largest absolute Gasteiger partial charge is 0.477 e. The van der Waals surface area contributed by atoms with E-state index < -0.39 is 0 Å². The minimum Gasteiger partial charge on any atom is -0.477 e. The SMILES string of the molecule is CCNCc1cc(OCC2CCOC2)ncc1Cl.